The SMILES string of the molecule is COc1ccc(C2(c3ccc(C)cc3)C=Cc3c4c(c5c6c(c(OC)cc5c3O2)OCC6(F)F)-c2ccccc2C42CC(C)(C)CC(C)(C)C2)cc1. The zero-order chi connectivity index (χ0) is 36.4. The lowest BCUT2D eigenvalue weighted by atomic mass is 9.52. The molecular formula is C46H44F2O4. The molecule has 0 saturated heterocycles. The van der Waals surface area contributed by atoms with Crippen molar-refractivity contribution in [3.63, 3.8) is 0 Å². The Bertz CT molecular complexity index is 2300. The van der Waals surface area contributed by atoms with Crippen LogP contribution in [0.3, 0.4) is 0 Å². The van der Waals surface area contributed by atoms with Crippen molar-refractivity contribution in [2.75, 3.05) is 20.8 Å². The molecule has 2 heterocycles. The second-order valence-corrected chi connectivity index (χ2v) is 16.9. The molecule has 2 aliphatic heterocycles. The van der Waals surface area contributed by atoms with Crippen molar-refractivity contribution in [1.82, 2.24) is 0 Å². The van der Waals surface area contributed by atoms with Crippen LogP contribution in [0.15, 0.2) is 84.9 Å². The molecule has 1 saturated carbocycles. The van der Waals surface area contributed by atoms with Crippen LogP contribution in [0, 0.1) is 17.8 Å². The molecule has 5 aromatic rings. The van der Waals surface area contributed by atoms with E-state index < -0.39 is 23.5 Å². The maximum Gasteiger partial charge on any atom is 0.310 e. The Morgan fingerprint density at radius 1 is 0.731 bits per heavy atom. The van der Waals surface area contributed by atoms with Gasteiger partial charge in [-0.25, -0.2) is 0 Å². The van der Waals surface area contributed by atoms with E-state index in [4.69, 9.17) is 18.9 Å². The summed E-state index contributed by atoms with van der Waals surface area (Å²) in [5.74, 6) is -1.56. The second kappa shape index (κ2) is 10.8. The topological polar surface area (TPSA) is 36.9 Å². The third-order valence-electron chi connectivity index (χ3n) is 11.9. The first-order chi connectivity index (χ1) is 24.7. The van der Waals surface area contributed by atoms with E-state index in [-0.39, 0.29) is 27.9 Å². The zero-order valence-corrected chi connectivity index (χ0v) is 30.9. The Hall–Kier alpha value is -4.84. The molecule has 0 amide bonds. The van der Waals surface area contributed by atoms with Gasteiger partial charge >= 0.3 is 5.92 Å². The minimum atomic E-state index is -3.24. The summed E-state index contributed by atoms with van der Waals surface area (Å²) in [5, 5.41) is 1.07. The van der Waals surface area contributed by atoms with Gasteiger partial charge in [0.2, 0.25) is 0 Å². The molecule has 4 nitrogen and oxygen atoms in total. The average Bonchev–Trinajstić information content (AvgIpc) is 3.57. The van der Waals surface area contributed by atoms with Gasteiger partial charge in [-0.3, -0.25) is 0 Å². The smallest absolute Gasteiger partial charge is 0.310 e. The summed E-state index contributed by atoms with van der Waals surface area (Å²) < 4.78 is 57.7. The number of hydrogen-bond donors (Lipinski definition) is 0. The number of fused-ring (bicyclic) bond motifs is 12. The molecule has 0 aromatic heterocycles. The fraction of sp³-hybridized carbons (Fsp3) is 0.348. The Kier molecular flexibility index (Phi) is 6.89. The van der Waals surface area contributed by atoms with Crippen LogP contribution in [0.1, 0.15) is 85.9 Å². The van der Waals surface area contributed by atoms with E-state index in [1.54, 1.807) is 7.11 Å². The van der Waals surface area contributed by atoms with Crippen LogP contribution in [-0.4, -0.2) is 20.8 Å². The van der Waals surface area contributed by atoms with Crippen LogP contribution < -0.4 is 18.9 Å². The molecule has 2 aliphatic carbocycles. The van der Waals surface area contributed by atoms with Gasteiger partial charge in [-0.05, 0) is 83.5 Å². The van der Waals surface area contributed by atoms with E-state index in [1.165, 1.54) is 12.7 Å². The maximum absolute atomic E-state index is 16.5. The second-order valence-electron chi connectivity index (χ2n) is 16.9. The Balaban J connectivity index is 1.45. The number of halogens is 2. The number of aryl methyl sites for hydroxylation is 1. The Morgan fingerprint density at radius 2 is 1.38 bits per heavy atom. The third-order valence-corrected chi connectivity index (χ3v) is 11.9. The molecule has 0 bridgehead atoms. The fourth-order valence-electron chi connectivity index (χ4n) is 10.8. The number of rotatable bonds is 4. The summed E-state index contributed by atoms with van der Waals surface area (Å²) in [6.07, 6.45) is 7.19. The van der Waals surface area contributed by atoms with Crippen LogP contribution >= 0.6 is 0 Å². The molecule has 6 heteroatoms. The molecule has 1 spiro atoms. The molecule has 0 radical (unpaired) electrons. The summed E-state index contributed by atoms with van der Waals surface area (Å²) in [6, 6.07) is 26.6. The van der Waals surface area contributed by atoms with E-state index in [9.17, 15) is 0 Å². The number of methoxy groups -OCH3 is 2. The van der Waals surface area contributed by atoms with Crippen molar-refractivity contribution in [2.45, 2.75) is 70.8 Å². The first kappa shape index (κ1) is 33.0. The van der Waals surface area contributed by atoms with Gasteiger partial charge in [-0.2, -0.15) is 8.78 Å². The van der Waals surface area contributed by atoms with Crippen molar-refractivity contribution >= 4 is 16.8 Å². The van der Waals surface area contributed by atoms with Crippen LogP contribution in [0.2, 0.25) is 0 Å². The van der Waals surface area contributed by atoms with E-state index in [2.05, 4.69) is 89.2 Å². The van der Waals surface area contributed by atoms with Crippen LogP contribution in [0.5, 0.6) is 23.0 Å². The summed E-state index contributed by atoms with van der Waals surface area (Å²) >= 11 is 0. The third kappa shape index (κ3) is 4.55. The number of ether oxygens (including phenoxy) is 4. The van der Waals surface area contributed by atoms with Gasteiger partial charge in [-0.1, -0.05) is 100.0 Å². The van der Waals surface area contributed by atoms with Crippen LogP contribution in [-0.2, 0) is 16.9 Å². The predicted molar refractivity (Wildman–Crippen MR) is 202 cm³/mol. The summed E-state index contributed by atoms with van der Waals surface area (Å²) in [5.41, 5.74) is 6.39. The van der Waals surface area contributed by atoms with Gasteiger partial charge in [-0.15, -0.1) is 0 Å². The Labute approximate surface area is 304 Å². The highest BCUT2D eigenvalue weighted by molar-refractivity contribution is 6.12. The highest BCUT2D eigenvalue weighted by Crippen LogP contribution is 2.68. The highest BCUT2D eigenvalue weighted by Gasteiger charge is 2.57. The minimum absolute atomic E-state index is 0.0127. The highest BCUT2D eigenvalue weighted by atomic mass is 19.3. The van der Waals surface area contributed by atoms with Gasteiger partial charge in [0.15, 0.2) is 23.7 Å². The zero-order valence-electron chi connectivity index (χ0n) is 30.9. The minimum Gasteiger partial charge on any atom is -0.497 e. The van der Waals surface area contributed by atoms with E-state index in [1.807, 2.05) is 36.4 Å². The van der Waals surface area contributed by atoms with Gasteiger partial charge in [0.25, 0.3) is 0 Å². The van der Waals surface area contributed by atoms with E-state index >= 15 is 8.78 Å². The van der Waals surface area contributed by atoms with Gasteiger partial charge in [0.05, 0.1) is 19.8 Å². The van der Waals surface area contributed by atoms with Crippen molar-refractivity contribution in [3.05, 3.63) is 124 Å². The first-order valence-corrected chi connectivity index (χ1v) is 18.2. The lowest BCUT2D eigenvalue weighted by Gasteiger charge is -2.52. The van der Waals surface area contributed by atoms with Crippen LogP contribution in [0.25, 0.3) is 28.0 Å². The summed E-state index contributed by atoms with van der Waals surface area (Å²) in [7, 11) is 3.16. The van der Waals surface area contributed by atoms with E-state index in [0.717, 1.165) is 64.0 Å². The first-order valence-electron chi connectivity index (χ1n) is 18.2. The molecule has 9 rings (SSSR count). The largest absolute Gasteiger partial charge is 0.497 e. The number of alkyl halides is 2. The molecule has 1 fully saturated rings. The summed E-state index contributed by atoms with van der Waals surface area (Å²) in [6.45, 7) is 10.7. The molecule has 1 unspecified atom stereocenters. The standard InChI is InChI=1S/C46H44F2O4/c1-27-12-14-28(15-13-27)45(29-16-18-30(49-6)19-17-29)21-20-32-38-36(31-10-8-9-11-34(31)44(38)24-42(2,3)23-43(4,5)25-44)37-33(40(32)52-45)22-35(50-7)41-39(37)46(47,48)26-51-41/h8-22H,23-26H2,1-7H3. The predicted octanol–water partition coefficient (Wildman–Crippen LogP) is 11.5. The lowest BCUT2D eigenvalue weighted by Crippen LogP contribution is -2.44. The molecule has 0 N–H and O–H groups in total. The normalized spacial score (nSPS) is 22.2. The monoisotopic (exact) mass is 698 g/mol. The van der Waals surface area contributed by atoms with Crippen molar-refractivity contribution in [1.29, 1.82) is 0 Å². The average molecular weight is 699 g/mol. The number of hydrogen-bond acceptors (Lipinski definition) is 4. The molecule has 52 heavy (non-hydrogen) atoms. The van der Waals surface area contributed by atoms with Crippen molar-refractivity contribution in [3.8, 4) is 34.1 Å². The Morgan fingerprint density at radius 3 is 2.04 bits per heavy atom. The molecule has 266 valence electrons. The lowest BCUT2D eigenvalue weighted by molar-refractivity contribution is -0.0204. The van der Waals surface area contributed by atoms with Crippen molar-refractivity contribution in [2.24, 2.45) is 10.8 Å². The van der Waals surface area contributed by atoms with Gasteiger partial charge < -0.3 is 18.9 Å². The van der Waals surface area contributed by atoms with Gasteiger partial charge in [0, 0.05) is 32.9 Å². The molecule has 1 atom stereocenters. The molecule has 4 aliphatic rings. The molecular weight excluding hydrogens is 654 g/mol. The summed E-state index contributed by atoms with van der Waals surface area (Å²) in [4.78, 5) is 0. The van der Waals surface area contributed by atoms with Crippen molar-refractivity contribution < 1.29 is 27.7 Å². The van der Waals surface area contributed by atoms with Crippen LogP contribution in [0.4, 0.5) is 8.78 Å². The quantitative estimate of drug-likeness (QED) is 0.187. The maximum atomic E-state index is 16.5. The number of benzene rings is 5. The molecule has 5 aromatic carbocycles. The fourth-order valence-corrected chi connectivity index (χ4v) is 10.8. The van der Waals surface area contributed by atoms with E-state index in [0.29, 0.717) is 16.5 Å². The van der Waals surface area contributed by atoms with Gasteiger partial charge in [0.1, 0.15) is 11.5 Å².